The Bertz CT molecular complexity index is 195. The first-order chi connectivity index (χ1) is 7.28. The van der Waals surface area contributed by atoms with Crippen LogP contribution in [0.1, 0.15) is 19.8 Å². The quantitative estimate of drug-likeness (QED) is 0.738. The Balaban J connectivity index is 1.74. The van der Waals surface area contributed by atoms with Crippen LogP contribution in [0.25, 0.3) is 0 Å². The van der Waals surface area contributed by atoms with Crippen LogP contribution in [0.5, 0.6) is 0 Å². The summed E-state index contributed by atoms with van der Waals surface area (Å²) in [6.45, 7) is 9.90. The summed E-state index contributed by atoms with van der Waals surface area (Å²) in [5, 5.41) is 3.58. The van der Waals surface area contributed by atoms with E-state index >= 15 is 0 Å². The van der Waals surface area contributed by atoms with Gasteiger partial charge in [0.1, 0.15) is 0 Å². The van der Waals surface area contributed by atoms with Crippen LogP contribution in [0.2, 0.25) is 0 Å². The molecule has 0 aliphatic carbocycles. The lowest BCUT2D eigenvalue weighted by molar-refractivity contribution is 0.172. The van der Waals surface area contributed by atoms with E-state index in [0.29, 0.717) is 0 Å². The molecule has 2 aliphatic rings. The monoisotopic (exact) mass is 211 g/mol. The molecule has 0 aromatic heterocycles. The van der Waals surface area contributed by atoms with Crippen molar-refractivity contribution >= 4 is 0 Å². The summed E-state index contributed by atoms with van der Waals surface area (Å²) in [5.41, 5.74) is 0. The van der Waals surface area contributed by atoms with E-state index in [1.54, 1.807) is 0 Å². The highest BCUT2D eigenvalue weighted by molar-refractivity contribution is 4.82. The first kappa shape index (κ1) is 11.4. The number of rotatable bonds is 3. The lowest BCUT2D eigenvalue weighted by atomic mass is 10.1. The second kappa shape index (κ2) is 5.28. The van der Waals surface area contributed by atoms with Crippen molar-refractivity contribution in [3.63, 3.8) is 0 Å². The molecule has 1 N–H and O–H groups in total. The molecule has 2 atom stereocenters. The fourth-order valence-electron chi connectivity index (χ4n) is 2.87. The van der Waals surface area contributed by atoms with Gasteiger partial charge in [-0.15, -0.1) is 0 Å². The van der Waals surface area contributed by atoms with Gasteiger partial charge in [-0.1, -0.05) is 6.92 Å². The van der Waals surface area contributed by atoms with Crippen molar-refractivity contribution in [1.29, 1.82) is 0 Å². The highest BCUT2D eigenvalue weighted by Gasteiger charge is 2.24. The van der Waals surface area contributed by atoms with E-state index in [0.717, 1.165) is 12.0 Å². The van der Waals surface area contributed by atoms with Crippen LogP contribution in [0.15, 0.2) is 0 Å². The van der Waals surface area contributed by atoms with Gasteiger partial charge in [-0.05, 0) is 32.4 Å². The molecule has 0 saturated carbocycles. The maximum Gasteiger partial charge on any atom is 0.0192 e. The molecule has 0 aromatic carbocycles. The Kier molecular flexibility index (Phi) is 4.00. The Morgan fingerprint density at radius 2 is 2.13 bits per heavy atom. The van der Waals surface area contributed by atoms with E-state index in [1.807, 2.05) is 0 Å². The van der Waals surface area contributed by atoms with Crippen molar-refractivity contribution in [3.8, 4) is 0 Å². The second-order valence-corrected chi connectivity index (χ2v) is 5.24. The van der Waals surface area contributed by atoms with Gasteiger partial charge in [-0.2, -0.15) is 0 Å². The normalized spacial score (nSPS) is 34.8. The number of nitrogens with one attached hydrogen (secondary N) is 1. The fraction of sp³-hybridized carbons (Fsp3) is 1.00. The van der Waals surface area contributed by atoms with Gasteiger partial charge in [0.25, 0.3) is 0 Å². The largest absolute Gasteiger partial charge is 0.311 e. The summed E-state index contributed by atoms with van der Waals surface area (Å²) in [7, 11) is 2.24. The Labute approximate surface area is 93.8 Å². The minimum Gasteiger partial charge on any atom is -0.311 e. The van der Waals surface area contributed by atoms with Gasteiger partial charge in [0.2, 0.25) is 0 Å². The third-order valence-electron chi connectivity index (χ3n) is 3.84. The Hall–Kier alpha value is -0.120. The molecule has 2 fully saturated rings. The lowest BCUT2D eigenvalue weighted by Crippen LogP contribution is -2.51. The van der Waals surface area contributed by atoms with Crippen molar-refractivity contribution in [3.05, 3.63) is 0 Å². The van der Waals surface area contributed by atoms with Crippen LogP contribution < -0.4 is 5.32 Å². The standard InChI is InChI=1S/C12H25N3/c1-3-12-10-15(7-5-13-12)9-11-4-6-14(2)8-11/h11-13H,3-10H2,1-2H3. The predicted molar refractivity (Wildman–Crippen MR) is 64.1 cm³/mol. The van der Waals surface area contributed by atoms with Crippen LogP contribution in [-0.4, -0.2) is 62.2 Å². The van der Waals surface area contributed by atoms with Gasteiger partial charge in [-0.25, -0.2) is 0 Å². The van der Waals surface area contributed by atoms with Crippen LogP contribution in [0.3, 0.4) is 0 Å². The van der Waals surface area contributed by atoms with Gasteiger partial charge in [0.05, 0.1) is 0 Å². The molecule has 15 heavy (non-hydrogen) atoms. The van der Waals surface area contributed by atoms with Crippen LogP contribution in [0.4, 0.5) is 0 Å². The van der Waals surface area contributed by atoms with Crippen molar-refractivity contribution in [2.24, 2.45) is 5.92 Å². The molecule has 2 unspecified atom stereocenters. The number of piperazine rings is 1. The second-order valence-electron chi connectivity index (χ2n) is 5.24. The molecule has 3 nitrogen and oxygen atoms in total. The summed E-state index contributed by atoms with van der Waals surface area (Å²) in [5.74, 6) is 0.922. The molecular formula is C12H25N3. The van der Waals surface area contributed by atoms with E-state index in [2.05, 4.69) is 29.1 Å². The van der Waals surface area contributed by atoms with Crippen LogP contribution >= 0.6 is 0 Å². The summed E-state index contributed by atoms with van der Waals surface area (Å²) >= 11 is 0. The maximum absolute atomic E-state index is 3.58. The number of nitrogens with zero attached hydrogens (tertiary/aromatic N) is 2. The van der Waals surface area contributed by atoms with Crippen molar-refractivity contribution in [1.82, 2.24) is 15.1 Å². The van der Waals surface area contributed by atoms with E-state index < -0.39 is 0 Å². The topological polar surface area (TPSA) is 18.5 Å². The molecule has 3 heteroatoms. The van der Waals surface area contributed by atoms with Gasteiger partial charge in [0, 0.05) is 38.8 Å². The SMILES string of the molecule is CCC1CN(CC2CCN(C)C2)CCN1. The molecule has 2 heterocycles. The van der Waals surface area contributed by atoms with Crippen LogP contribution in [-0.2, 0) is 0 Å². The minimum absolute atomic E-state index is 0.734. The summed E-state index contributed by atoms with van der Waals surface area (Å²) < 4.78 is 0. The molecule has 0 amide bonds. The van der Waals surface area contributed by atoms with Crippen molar-refractivity contribution < 1.29 is 0 Å². The van der Waals surface area contributed by atoms with E-state index in [4.69, 9.17) is 0 Å². The third-order valence-corrected chi connectivity index (χ3v) is 3.84. The first-order valence-electron chi connectivity index (χ1n) is 6.42. The molecule has 0 radical (unpaired) electrons. The Morgan fingerprint density at radius 1 is 1.27 bits per heavy atom. The van der Waals surface area contributed by atoms with Crippen molar-refractivity contribution in [2.75, 3.05) is 46.3 Å². The Morgan fingerprint density at radius 3 is 2.80 bits per heavy atom. The molecule has 2 aliphatic heterocycles. The van der Waals surface area contributed by atoms with Gasteiger partial charge in [-0.3, -0.25) is 0 Å². The predicted octanol–water partition coefficient (Wildman–Crippen LogP) is 0.622. The summed E-state index contributed by atoms with van der Waals surface area (Å²) in [4.78, 5) is 5.12. The first-order valence-corrected chi connectivity index (χ1v) is 6.42. The lowest BCUT2D eigenvalue weighted by Gasteiger charge is -2.34. The van der Waals surface area contributed by atoms with E-state index in [1.165, 1.54) is 52.1 Å². The average molecular weight is 211 g/mol. The van der Waals surface area contributed by atoms with E-state index in [9.17, 15) is 0 Å². The molecule has 88 valence electrons. The zero-order valence-electron chi connectivity index (χ0n) is 10.2. The van der Waals surface area contributed by atoms with Gasteiger partial charge < -0.3 is 15.1 Å². The van der Waals surface area contributed by atoms with Crippen LogP contribution in [0, 0.1) is 5.92 Å². The number of hydrogen-bond acceptors (Lipinski definition) is 3. The van der Waals surface area contributed by atoms with Gasteiger partial charge in [0.15, 0.2) is 0 Å². The zero-order valence-corrected chi connectivity index (χ0v) is 10.2. The zero-order chi connectivity index (χ0) is 10.7. The summed E-state index contributed by atoms with van der Waals surface area (Å²) in [6, 6.07) is 0.734. The molecule has 0 bridgehead atoms. The highest BCUT2D eigenvalue weighted by atomic mass is 15.2. The van der Waals surface area contributed by atoms with Gasteiger partial charge >= 0.3 is 0 Å². The average Bonchev–Trinajstić information content (AvgIpc) is 2.64. The third kappa shape index (κ3) is 3.16. The number of likely N-dealkylation sites (tertiary alicyclic amines) is 1. The molecular weight excluding hydrogens is 186 g/mol. The molecule has 0 spiro atoms. The van der Waals surface area contributed by atoms with Crippen molar-refractivity contribution in [2.45, 2.75) is 25.8 Å². The van der Waals surface area contributed by atoms with E-state index in [-0.39, 0.29) is 0 Å². The smallest absolute Gasteiger partial charge is 0.0192 e. The maximum atomic E-state index is 3.58. The molecule has 0 aromatic rings. The molecule has 2 rings (SSSR count). The fourth-order valence-corrected chi connectivity index (χ4v) is 2.87. The highest BCUT2D eigenvalue weighted by Crippen LogP contribution is 2.16. The minimum atomic E-state index is 0.734. The number of hydrogen-bond donors (Lipinski definition) is 1. The molecule has 2 saturated heterocycles. The summed E-state index contributed by atoms with van der Waals surface area (Å²) in [6.07, 6.45) is 2.66.